The lowest BCUT2D eigenvalue weighted by molar-refractivity contribution is 0.0185. The number of H-pyrrole nitrogens is 1. The van der Waals surface area contributed by atoms with Gasteiger partial charge in [-0.3, -0.25) is 4.68 Å². The van der Waals surface area contributed by atoms with Crippen LogP contribution in [0.3, 0.4) is 0 Å². The van der Waals surface area contributed by atoms with E-state index in [-0.39, 0.29) is 12.1 Å². The van der Waals surface area contributed by atoms with Gasteiger partial charge < -0.3 is 14.6 Å². The zero-order chi connectivity index (χ0) is 26.2. The minimum absolute atomic E-state index is 0.243. The fourth-order valence-corrected chi connectivity index (χ4v) is 4.96. The highest BCUT2D eigenvalue weighted by atomic mass is 35.5. The number of benzene rings is 1. The summed E-state index contributed by atoms with van der Waals surface area (Å²) in [6.45, 7) is 9.04. The predicted octanol–water partition coefficient (Wildman–Crippen LogP) is 7.13. The molecule has 0 aliphatic carbocycles. The number of likely N-dealkylation sites (tertiary alicyclic amines) is 1. The molecule has 192 valence electrons. The van der Waals surface area contributed by atoms with Gasteiger partial charge in [0.25, 0.3) is 0 Å². The molecular weight excluding hydrogens is 486 g/mol. The van der Waals surface area contributed by atoms with Crippen molar-refractivity contribution < 1.29 is 9.53 Å². The Morgan fingerprint density at radius 3 is 2.68 bits per heavy atom. The van der Waals surface area contributed by atoms with Crippen LogP contribution < -0.4 is 0 Å². The number of nitrogens with one attached hydrogen (secondary N) is 1. The molecule has 1 saturated heterocycles. The van der Waals surface area contributed by atoms with E-state index in [1.165, 1.54) is 0 Å². The highest BCUT2D eigenvalue weighted by molar-refractivity contribution is 6.32. The van der Waals surface area contributed by atoms with Crippen LogP contribution in [0.15, 0.2) is 49.1 Å². The Morgan fingerprint density at radius 2 is 1.95 bits per heavy atom. The van der Waals surface area contributed by atoms with E-state index in [2.05, 4.69) is 52.5 Å². The van der Waals surface area contributed by atoms with E-state index < -0.39 is 5.60 Å². The lowest BCUT2D eigenvalue weighted by Crippen LogP contribution is -2.42. The molecular formula is C29H32ClN5O2. The highest BCUT2D eigenvalue weighted by Crippen LogP contribution is 2.29. The third-order valence-electron chi connectivity index (χ3n) is 6.69. The smallest absolute Gasteiger partial charge is 0.410 e. The molecule has 1 N–H and O–H groups in total. The van der Waals surface area contributed by atoms with Gasteiger partial charge in [-0.2, -0.15) is 5.10 Å². The SMILES string of the molecule is Cc1cccc(Cl)c1/C=C\c1c[nH]c2ncc(-c3cnn(C4CCN(C(=O)OC(C)(C)C)CC4)c3)cc12. The Bertz CT molecular complexity index is 1430. The highest BCUT2D eigenvalue weighted by Gasteiger charge is 2.28. The number of carbonyl (C=O) groups excluding carboxylic acids is 1. The molecule has 4 heterocycles. The van der Waals surface area contributed by atoms with Crippen molar-refractivity contribution in [3.05, 3.63) is 70.8 Å². The Hall–Kier alpha value is -3.58. The number of fused-ring (bicyclic) bond motifs is 1. The number of ether oxygens (including phenoxy) is 1. The summed E-state index contributed by atoms with van der Waals surface area (Å²) in [4.78, 5) is 22.1. The lowest BCUT2D eigenvalue weighted by atomic mass is 10.0. The molecule has 0 unspecified atom stereocenters. The Balaban J connectivity index is 1.31. The van der Waals surface area contributed by atoms with Gasteiger partial charge in [0, 0.05) is 58.8 Å². The van der Waals surface area contributed by atoms with Crippen molar-refractivity contribution in [2.24, 2.45) is 0 Å². The second kappa shape index (κ2) is 10.1. The predicted molar refractivity (Wildman–Crippen MR) is 149 cm³/mol. The fourth-order valence-electron chi connectivity index (χ4n) is 4.67. The standard InChI is InChI=1S/C29H32ClN5O2/c1-19-6-5-7-26(30)24(19)9-8-20-15-31-27-25(20)14-21(16-32-27)22-17-33-35(18-22)23-10-12-34(13-11-23)28(36)37-29(2,3)4/h5-9,14-18,23H,10-13H2,1-4H3,(H,31,32)/b9-8-. The van der Waals surface area contributed by atoms with Crippen LogP contribution in [-0.2, 0) is 4.74 Å². The van der Waals surface area contributed by atoms with E-state index in [1.807, 2.05) is 56.2 Å². The van der Waals surface area contributed by atoms with E-state index in [4.69, 9.17) is 16.3 Å². The molecule has 3 aromatic heterocycles. The van der Waals surface area contributed by atoms with Crippen molar-refractivity contribution in [3.8, 4) is 11.1 Å². The second-order valence-electron chi connectivity index (χ2n) is 10.6. The lowest BCUT2D eigenvalue weighted by Gasteiger charge is -2.33. The Labute approximate surface area is 222 Å². The molecule has 7 nitrogen and oxygen atoms in total. The van der Waals surface area contributed by atoms with Crippen LogP contribution in [0.5, 0.6) is 0 Å². The van der Waals surface area contributed by atoms with Crippen molar-refractivity contribution in [1.29, 1.82) is 0 Å². The normalized spacial score (nSPS) is 15.1. The average Bonchev–Trinajstić information content (AvgIpc) is 3.50. The van der Waals surface area contributed by atoms with Crippen molar-refractivity contribution in [2.45, 2.75) is 52.2 Å². The number of piperidine rings is 1. The van der Waals surface area contributed by atoms with Crippen molar-refractivity contribution in [3.63, 3.8) is 0 Å². The number of rotatable bonds is 4. The largest absolute Gasteiger partial charge is 0.444 e. The first-order chi connectivity index (χ1) is 17.7. The van der Waals surface area contributed by atoms with Gasteiger partial charge in [-0.1, -0.05) is 35.9 Å². The molecule has 0 radical (unpaired) electrons. The molecule has 1 fully saturated rings. The molecule has 0 atom stereocenters. The molecule has 37 heavy (non-hydrogen) atoms. The van der Waals surface area contributed by atoms with Gasteiger partial charge in [0.15, 0.2) is 0 Å². The summed E-state index contributed by atoms with van der Waals surface area (Å²) in [5, 5.41) is 6.42. The minimum atomic E-state index is -0.484. The van der Waals surface area contributed by atoms with Crippen LogP contribution >= 0.6 is 11.6 Å². The molecule has 1 amide bonds. The van der Waals surface area contributed by atoms with Gasteiger partial charge in [0.05, 0.1) is 12.2 Å². The quantitative estimate of drug-likeness (QED) is 0.312. The number of amides is 1. The van der Waals surface area contributed by atoms with Gasteiger partial charge in [-0.05, 0) is 63.8 Å². The van der Waals surface area contributed by atoms with E-state index in [0.717, 1.165) is 56.7 Å². The maximum Gasteiger partial charge on any atom is 0.410 e. The third-order valence-corrected chi connectivity index (χ3v) is 7.02. The van der Waals surface area contributed by atoms with Crippen LogP contribution in [0.2, 0.25) is 5.02 Å². The van der Waals surface area contributed by atoms with E-state index in [9.17, 15) is 4.79 Å². The van der Waals surface area contributed by atoms with Gasteiger partial charge >= 0.3 is 6.09 Å². The first kappa shape index (κ1) is 25.1. The zero-order valence-electron chi connectivity index (χ0n) is 21.7. The summed E-state index contributed by atoms with van der Waals surface area (Å²) in [6.07, 6.45) is 13.4. The number of pyridine rings is 1. The van der Waals surface area contributed by atoms with Crippen LogP contribution in [0.4, 0.5) is 4.79 Å². The van der Waals surface area contributed by atoms with Crippen LogP contribution in [-0.4, -0.2) is 49.4 Å². The number of aryl methyl sites for hydroxylation is 1. The number of nitrogens with zero attached hydrogens (tertiary/aromatic N) is 4. The molecule has 1 aromatic carbocycles. The number of aromatic amines is 1. The number of carbonyl (C=O) groups is 1. The van der Waals surface area contributed by atoms with Crippen LogP contribution in [0.25, 0.3) is 34.3 Å². The summed E-state index contributed by atoms with van der Waals surface area (Å²) in [5.74, 6) is 0. The summed E-state index contributed by atoms with van der Waals surface area (Å²) in [6, 6.07) is 8.31. The number of halogens is 1. The molecule has 0 bridgehead atoms. The molecule has 0 saturated carbocycles. The van der Waals surface area contributed by atoms with Crippen molar-refractivity contribution >= 4 is 40.9 Å². The fraction of sp³-hybridized carbons (Fsp3) is 0.345. The molecule has 8 heteroatoms. The Morgan fingerprint density at radius 1 is 1.16 bits per heavy atom. The third kappa shape index (κ3) is 5.57. The van der Waals surface area contributed by atoms with Crippen molar-refractivity contribution in [2.75, 3.05) is 13.1 Å². The average molecular weight is 518 g/mol. The monoisotopic (exact) mass is 517 g/mol. The summed E-state index contributed by atoms with van der Waals surface area (Å²) in [5.41, 5.74) is 5.57. The maximum atomic E-state index is 12.4. The van der Waals surface area contributed by atoms with Crippen LogP contribution in [0.1, 0.15) is 56.3 Å². The maximum absolute atomic E-state index is 12.4. The number of hydrogen-bond acceptors (Lipinski definition) is 4. The first-order valence-electron chi connectivity index (χ1n) is 12.6. The Kier molecular flexibility index (Phi) is 6.82. The summed E-state index contributed by atoms with van der Waals surface area (Å²) < 4.78 is 7.53. The molecule has 1 aliphatic heterocycles. The van der Waals surface area contributed by atoms with Gasteiger partial charge in [-0.15, -0.1) is 0 Å². The molecule has 0 spiro atoms. The first-order valence-corrected chi connectivity index (χ1v) is 13.0. The van der Waals surface area contributed by atoms with Crippen molar-refractivity contribution in [1.82, 2.24) is 24.6 Å². The number of aromatic nitrogens is 4. The zero-order valence-corrected chi connectivity index (χ0v) is 22.4. The van der Waals surface area contributed by atoms with Gasteiger partial charge in [0.1, 0.15) is 11.2 Å². The topological polar surface area (TPSA) is 76.0 Å². The second-order valence-corrected chi connectivity index (χ2v) is 11.0. The van der Waals surface area contributed by atoms with E-state index >= 15 is 0 Å². The van der Waals surface area contributed by atoms with Gasteiger partial charge in [0.2, 0.25) is 0 Å². The summed E-state index contributed by atoms with van der Waals surface area (Å²) in [7, 11) is 0. The van der Waals surface area contributed by atoms with E-state index in [0.29, 0.717) is 13.1 Å². The molecule has 5 rings (SSSR count). The number of hydrogen-bond donors (Lipinski definition) is 1. The van der Waals surface area contributed by atoms with Gasteiger partial charge in [-0.25, -0.2) is 9.78 Å². The summed E-state index contributed by atoms with van der Waals surface area (Å²) >= 11 is 6.40. The van der Waals surface area contributed by atoms with Crippen LogP contribution in [0, 0.1) is 6.92 Å². The molecule has 1 aliphatic rings. The molecule has 4 aromatic rings. The van der Waals surface area contributed by atoms with E-state index in [1.54, 1.807) is 4.90 Å². The minimum Gasteiger partial charge on any atom is -0.444 e.